The molecule has 0 saturated heterocycles. The standard InChI is InChI=1S/C49H37N3/c1-32-15-13-28-46-47(32)41-30-29-40-39-23-8-10-25-43(39)50(34-17-3-2-4-18-34)48(40)49(41)51(46)35-19-14-16-33(31-35)36-20-5-9-24-42(36)52-44-26-11-6-21-37(44)38-22-7-12-27-45(38)52/h2-6,8-11,13-14,16-32H,7,12,15H2,1H3. The molecule has 0 N–H and O–H groups in total. The van der Waals surface area contributed by atoms with Gasteiger partial charge in [0, 0.05) is 49.1 Å². The smallest absolute Gasteiger partial charge is 0.0788 e. The van der Waals surface area contributed by atoms with Gasteiger partial charge in [-0.2, -0.15) is 0 Å². The zero-order valence-corrected chi connectivity index (χ0v) is 29.1. The summed E-state index contributed by atoms with van der Waals surface area (Å²) in [5, 5.41) is 7.87. The van der Waals surface area contributed by atoms with E-state index in [0.717, 1.165) is 19.3 Å². The van der Waals surface area contributed by atoms with Gasteiger partial charge >= 0.3 is 0 Å². The predicted octanol–water partition coefficient (Wildman–Crippen LogP) is 11.2. The molecule has 0 radical (unpaired) electrons. The molecule has 0 bridgehead atoms. The number of nitrogens with zero attached hydrogens (tertiary/aromatic N) is 3. The predicted molar refractivity (Wildman–Crippen MR) is 219 cm³/mol. The summed E-state index contributed by atoms with van der Waals surface area (Å²) in [6.45, 7) is 2.38. The van der Waals surface area contributed by atoms with E-state index in [-0.39, 0.29) is 0 Å². The molecule has 2 aliphatic carbocycles. The van der Waals surface area contributed by atoms with Crippen LogP contribution in [-0.2, 0) is 0 Å². The lowest BCUT2D eigenvalue weighted by atomic mass is 9.90. The maximum Gasteiger partial charge on any atom is 0.0788 e. The Labute approximate surface area is 302 Å². The average Bonchev–Trinajstić information content (AvgIpc) is 3.85. The lowest BCUT2D eigenvalue weighted by molar-refractivity contribution is 0.773. The van der Waals surface area contributed by atoms with E-state index in [0.29, 0.717) is 5.92 Å². The van der Waals surface area contributed by atoms with E-state index in [1.807, 2.05) is 0 Å². The zero-order chi connectivity index (χ0) is 34.3. The zero-order valence-electron chi connectivity index (χ0n) is 29.1. The normalized spacial score (nSPS) is 15.2. The molecule has 1 atom stereocenters. The van der Waals surface area contributed by atoms with Crippen LogP contribution in [0.5, 0.6) is 0 Å². The number of aromatic nitrogens is 3. The minimum Gasteiger partial charge on any atom is -0.309 e. The molecule has 1 unspecified atom stereocenters. The molecule has 6 aromatic carbocycles. The maximum atomic E-state index is 2.55. The molecule has 0 aliphatic heterocycles. The van der Waals surface area contributed by atoms with Crippen LogP contribution in [0.4, 0.5) is 0 Å². The van der Waals surface area contributed by atoms with Crippen molar-refractivity contribution in [3.63, 3.8) is 0 Å². The van der Waals surface area contributed by atoms with Crippen molar-refractivity contribution in [1.82, 2.24) is 13.7 Å². The van der Waals surface area contributed by atoms with Crippen molar-refractivity contribution in [3.05, 3.63) is 167 Å². The molecule has 0 saturated carbocycles. The second kappa shape index (κ2) is 11.3. The van der Waals surface area contributed by atoms with Gasteiger partial charge in [-0.3, -0.25) is 0 Å². The molecule has 3 heterocycles. The first-order valence-electron chi connectivity index (χ1n) is 18.6. The minimum absolute atomic E-state index is 0.418. The van der Waals surface area contributed by atoms with Gasteiger partial charge in [0.1, 0.15) is 0 Å². The topological polar surface area (TPSA) is 14.8 Å². The molecule has 0 fully saturated rings. The fraction of sp³-hybridized carbons (Fsp3) is 0.102. The number of hydrogen-bond acceptors (Lipinski definition) is 0. The van der Waals surface area contributed by atoms with Crippen molar-refractivity contribution in [3.8, 4) is 28.2 Å². The van der Waals surface area contributed by atoms with E-state index in [1.54, 1.807) is 0 Å². The summed E-state index contributed by atoms with van der Waals surface area (Å²) in [7, 11) is 0. The Balaban J connectivity index is 1.22. The van der Waals surface area contributed by atoms with Crippen LogP contribution in [0.15, 0.2) is 146 Å². The highest BCUT2D eigenvalue weighted by Crippen LogP contribution is 2.45. The Morgan fingerprint density at radius 2 is 1.23 bits per heavy atom. The minimum atomic E-state index is 0.418. The monoisotopic (exact) mass is 667 g/mol. The summed E-state index contributed by atoms with van der Waals surface area (Å²) in [6.07, 6.45) is 12.8. The van der Waals surface area contributed by atoms with Gasteiger partial charge in [-0.15, -0.1) is 0 Å². The van der Waals surface area contributed by atoms with Crippen molar-refractivity contribution in [2.45, 2.75) is 32.1 Å². The summed E-state index contributed by atoms with van der Waals surface area (Å²) in [5.74, 6) is 0.418. The van der Waals surface area contributed by atoms with Gasteiger partial charge in [0.25, 0.3) is 0 Å². The Morgan fingerprint density at radius 3 is 2.12 bits per heavy atom. The van der Waals surface area contributed by atoms with Gasteiger partial charge in [-0.05, 0) is 84.8 Å². The Kier molecular flexibility index (Phi) is 6.42. The van der Waals surface area contributed by atoms with Gasteiger partial charge in [0.05, 0.1) is 33.4 Å². The first-order chi connectivity index (χ1) is 25.8. The number of para-hydroxylation sites is 4. The number of benzene rings is 6. The third kappa shape index (κ3) is 4.14. The molecule has 9 aromatic rings. The number of allylic oxidation sites excluding steroid dienone is 1. The quantitative estimate of drug-likeness (QED) is 0.177. The van der Waals surface area contributed by atoms with Crippen LogP contribution in [0.3, 0.4) is 0 Å². The second-order valence-corrected chi connectivity index (χ2v) is 14.4. The van der Waals surface area contributed by atoms with Gasteiger partial charge in [0.2, 0.25) is 0 Å². The van der Waals surface area contributed by atoms with Gasteiger partial charge in [-0.25, -0.2) is 0 Å². The van der Waals surface area contributed by atoms with E-state index >= 15 is 0 Å². The number of hydrogen-bond donors (Lipinski definition) is 0. The Morgan fingerprint density at radius 1 is 0.538 bits per heavy atom. The van der Waals surface area contributed by atoms with Gasteiger partial charge in [0.15, 0.2) is 0 Å². The van der Waals surface area contributed by atoms with Crippen molar-refractivity contribution in [2.24, 2.45) is 0 Å². The molecule has 3 heteroatoms. The molecular weight excluding hydrogens is 631 g/mol. The molecule has 2 aliphatic rings. The highest BCUT2D eigenvalue weighted by atomic mass is 15.1. The molecule has 0 spiro atoms. The molecular formula is C49H37N3. The van der Waals surface area contributed by atoms with Gasteiger partial charge < -0.3 is 13.7 Å². The molecule has 3 nitrogen and oxygen atoms in total. The average molecular weight is 668 g/mol. The first kappa shape index (κ1) is 29.4. The second-order valence-electron chi connectivity index (χ2n) is 14.4. The van der Waals surface area contributed by atoms with Crippen LogP contribution in [-0.4, -0.2) is 13.7 Å². The molecule has 248 valence electrons. The summed E-state index contributed by atoms with van der Waals surface area (Å²) in [4.78, 5) is 0. The largest absolute Gasteiger partial charge is 0.309 e. The Bertz CT molecular complexity index is 3060. The van der Waals surface area contributed by atoms with Crippen LogP contribution in [0.2, 0.25) is 0 Å². The Hall–Kier alpha value is -6.32. The van der Waals surface area contributed by atoms with Crippen LogP contribution in [0, 0.1) is 0 Å². The van der Waals surface area contributed by atoms with E-state index in [1.165, 1.54) is 93.6 Å². The van der Waals surface area contributed by atoms with Crippen molar-refractivity contribution in [1.29, 1.82) is 0 Å². The third-order valence-corrected chi connectivity index (χ3v) is 11.5. The molecule has 3 aromatic heterocycles. The molecule has 52 heavy (non-hydrogen) atoms. The van der Waals surface area contributed by atoms with E-state index in [2.05, 4.69) is 184 Å². The third-order valence-electron chi connectivity index (χ3n) is 11.5. The number of fused-ring (bicyclic) bond motifs is 10. The van der Waals surface area contributed by atoms with Gasteiger partial charge in [-0.1, -0.05) is 122 Å². The first-order valence-corrected chi connectivity index (χ1v) is 18.6. The molecule has 11 rings (SSSR count). The van der Waals surface area contributed by atoms with Crippen molar-refractivity contribution < 1.29 is 0 Å². The summed E-state index contributed by atoms with van der Waals surface area (Å²) in [6, 6.07) is 51.5. The summed E-state index contributed by atoms with van der Waals surface area (Å²) >= 11 is 0. The summed E-state index contributed by atoms with van der Waals surface area (Å²) < 4.78 is 7.52. The SMILES string of the molecule is CC1CC=Cc2c1c1ccc3c4ccccc4n(-c4ccccc4)c3c1n2-c1cccc(-c2ccccc2-n2c3c(c4ccccc42)=CCCC=3)c1. The highest BCUT2D eigenvalue weighted by molar-refractivity contribution is 6.19. The van der Waals surface area contributed by atoms with E-state index in [9.17, 15) is 0 Å². The lowest BCUT2D eigenvalue weighted by Gasteiger charge is -2.18. The van der Waals surface area contributed by atoms with Crippen molar-refractivity contribution >= 4 is 61.8 Å². The number of rotatable bonds is 4. The van der Waals surface area contributed by atoms with E-state index in [4.69, 9.17) is 0 Å². The van der Waals surface area contributed by atoms with Crippen molar-refractivity contribution in [2.75, 3.05) is 0 Å². The van der Waals surface area contributed by atoms with E-state index < -0.39 is 0 Å². The summed E-state index contributed by atoms with van der Waals surface area (Å²) in [5.41, 5.74) is 13.7. The highest BCUT2D eigenvalue weighted by Gasteiger charge is 2.27. The van der Waals surface area contributed by atoms with Crippen LogP contribution >= 0.6 is 0 Å². The molecule has 0 amide bonds. The fourth-order valence-electron chi connectivity index (χ4n) is 9.29. The van der Waals surface area contributed by atoms with Crippen LogP contribution in [0.1, 0.15) is 43.4 Å². The van der Waals surface area contributed by atoms with Crippen LogP contribution in [0.25, 0.3) is 90.0 Å². The van der Waals surface area contributed by atoms with Crippen LogP contribution < -0.4 is 10.6 Å². The fourth-order valence-corrected chi connectivity index (χ4v) is 9.29. The lowest BCUT2D eigenvalue weighted by Crippen LogP contribution is -2.30. The maximum absolute atomic E-state index is 2.55.